The Bertz CT molecular complexity index is 787. The number of nitrogens with zero attached hydrogens (tertiary/aromatic N) is 2. The van der Waals surface area contributed by atoms with Gasteiger partial charge in [0.15, 0.2) is 0 Å². The summed E-state index contributed by atoms with van der Waals surface area (Å²) in [5.74, 6) is 0.629. The maximum absolute atomic E-state index is 10.5. The Balaban J connectivity index is 2.00. The Labute approximate surface area is 123 Å². The summed E-state index contributed by atoms with van der Waals surface area (Å²) in [6, 6.07) is 11.5. The molecule has 2 heterocycles. The molecule has 0 spiro atoms. The first-order valence-corrected chi connectivity index (χ1v) is 6.71. The summed E-state index contributed by atoms with van der Waals surface area (Å²) in [5, 5.41) is 11.5. The van der Waals surface area contributed by atoms with E-state index in [1.807, 2.05) is 37.3 Å². The van der Waals surface area contributed by atoms with Crippen molar-refractivity contribution in [2.75, 3.05) is 7.11 Å². The zero-order chi connectivity index (χ0) is 14.8. The van der Waals surface area contributed by atoms with Crippen LogP contribution >= 0.6 is 0 Å². The van der Waals surface area contributed by atoms with Crippen LogP contribution < -0.4 is 4.74 Å². The van der Waals surface area contributed by atoms with Crippen LogP contribution in [0.4, 0.5) is 0 Å². The number of aryl methyl sites for hydroxylation is 1. The van der Waals surface area contributed by atoms with Gasteiger partial charge in [0.25, 0.3) is 0 Å². The molecular formula is C17H16N2O2. The van der Waals surface area contributed by atoms with E-state index >= 15 is 0 Å². The number of hydrogen-bond acceptors (Lipinski definition) is 4. The van der Waals surface area contributed by atoms with Gasteiger partial charge in [-0.15, -0.1) is 0 Å². The molecule has 1 N–H and O–H groups in total. The lowest BCUT2D eigenvalue weighted by Gasteiger charge is -2.13. The summed E-state index contributed by atoms with van der Waals surface area (Å²) in [6.45, 7) is 1.96. The lowest BCUT2D eigenvalue weighted by molar-refractivity contribution is 0.219. The van der Waals surface area contributed by atoms with Gasteiger partial charge in [0.1, 0.15) is 11.9 Å². The van der Waals surface area contributed by atoms with Gasteiger partial charge in [-0.25, -0.2) is 0 Å². The minimum absolute atomic E-state index is 0.629. The second kappa shape index (κ2) is 5.50. The van der Waals surface area contributed by atoms with E-state index in [4.69, 9.17) is 4.74 Å². The lowest BCUT2D eigenvalue weighted by Crippen LogP contribution is -2.01. The zero-order valence-electron chi connectivity index (χ0n) is 11.9. The van der Waals surface area contributed by atoms with E-state index in [0.717, 1.165) is 22.2 Å². The molecule has 1 unspecified atom stereocenters. The largest absolute Gasteiger partial charge is 0.495 e. The number of aliphatic hydroxyl groups excluding tert-OH is 1. The summed E-state index contributed by atoms with van der Waals surface area (Å²) < 4.78 is 5.14. The molecule has 0 amide bonds. The average Bonchev–Trinajstić information content (AvgIpc) is 2.53. The summed E-state index contributed by atoms with van der Waals surface area (Å²) in [4.78, 5) is 8.54. The molecule has 0 aliphatic rings. The Morgan fingerprint density at radius 1 is 1.05 bits per heavy atom. The van der Waals surface area contributed by atoms with Crippen molar-refractivity contribution in [3.63, 3.8) is 0 Å². The van der Waals surface area contributed by atoms with Crippen LogP contribution in [0.3, 0.4) is 0 Å². The Kier molecular flexibility index (Phi) is 3.54. The fourth-order valence-electron chi connectivity index (χ4n) is 2.31. The highest BCUT2D eigenvalue weighted by Gasteiger charge is 2.12. The molecule has 1 aromatic carbocycles. The minimum Gasteiger partial charge on any atom is -0.495 e. The van der Waals surface area contributed by atoms with Crippen LogP contribution in [-0.4, -0.2) is 22.2 Å². The van der Waals surface area contributed by atoms with Crippen LogP contribution in [0.25, 0.3) is 10.9 Å². The molecule has 0 aliphatic heterocycles. The van der Waals surface area contributed by atoms with Crippen molar-refractivity contribution in [2.45, 2.75) is 13.0 Å². The highest BCUT2D eigenvalue weighted by Crippen LogP contribution is 2.26. The van der Waals surface area contributed by atoms with Gasteiger partial charge in [-0.1, -0.05) is 12.1 Å². The second-order valence-electron chi connectivity index (χ2n) is 4.97. The SMILES string of the molecule is COc1cncc(C(O)c2ccc3nc(C)ccc3c2)c1. The van der Waals surface area contributed by atoms with Gasteiger partial charge in [0, 0.05) is 22.8 Å². The van der Waals surface area contributed by atoms with Crippen molar-refractivity contribution < 1.29 is 9.84 Å². The van der Waals surface area contributed by atoms with Crippen molar-refractivity contribution in [3.05, 3.63) is 65.6 Å². The van der Waals surface area contributed by atoms with Gasteiger partial charge in [-0.3, -0.25) is 9.97 Å². The summed E-state index contributed by atoms with van der Waals surface area (Å²) >= 11 is 0. The van der Waals surface area contributed by atoms with Gasteiger partial charge in [-0.2, -0.15) is 0 Å². The molecule has 0 fully saturated rings. The van der Waals surface area contributed by atoms with E-state index < -0.39 is 6.10 Å². The minimum atomic E-state index is -0.738. The first-order valence-electron chi connectivity index (χ1n) is 6.71. The molecule has 2 aromatic heterocycles. The van der Waals surface area contributed by atoms with Crippen molar-refractivity contribution in [3.8, 4) is 5.75 Å². The van der Waals surface area contributed by atoms with Gasteiger partial charge >= 0.3 is 0 Å². The first kappa shape index (κ1) is 13.5. The highest BCUT2D eigenvalue weighted by atomic mass is 16.5. The highest BCUT2D eigenvalue weighted by molar-refractivity contribution is 5.79. The number of aromatic nitrogens is 2. The third-order valence-electron chi connectivity index (χ3n) is 3.45. The molecule has 0 bridgehead atoms. The average molecular weight is 280 g/mol. The molecule has 3 aromatic rings. The number of ether oxygens (including phenoxy) is 1. The number of methoxy groups -OCH3 is 1. The topological polar surface area (TPSA) is 55.2 Å². The molecule has 0 aliphatic carbocycles. The molecule has 0 saturated heterocycles. The van der Waals surface area contributed by atoms with E-state index in [0.29, 0.717) is 11.3 Å². The van der Waals surface area contributed by atoms with Gasteiger partial charge in [0.2, 0.25) is 0 Å². The van der Waals surface area contributed by atoms with Gasteiger partial charge in [-0.05, 0) is 36.8 Å². The van der Waals surface area contributed by atoms with Crippen LogP contribution in [0.15, 0.2) is 48.8 Å². The van der Waals surface area contributed by atoms with Gasteiger partial charge < -0.3 is 9.84 Å². The van der Waals surface area contributed by atoms with Crippen molar-refractivity contribution >= 4 is 10.9 Å². The standard InChI is InChI=1S/C17H16N2O2/c1-11-3-4-12-7-13(5-6-16(12)19-11)17(20)14-8-15(21-2)10-18-9-14/h3-10,17,20H,1-2H3. The predicted octanol–water partition coefficient (Wildman–Crippen LogP) is 3.03. The summed E-state index contributed by atoms with van der Waals surface area (Å²) in [6.07, 6.45) is 2.52. The van der Waals surface area contributed by atoms with E-state index in [9.17, 15) is 5.11 Å². The van der Waals surface area contributed by atoms with Crippen molar-refractivity contribution in [1.82, 2.24) is 9.97 Å². The normalized spacial score (nSPS) is 12.3. The molecule has 1 atom stereocenters. The molecular weight excluding hydrogens is 264 g/mol. The van der Waals surface area contributed by atoms with E-state index in [-0.39, 0.29) is 0 Å². The van der Waals surface area contributed by atoms with E-state index in [1.54, 1.807) is 25.6 Å². The summed E-state index contributed by atoms with van der Waals surface area (Å²) in [7, 11) is 1.58. The molecule has 4 heteroatoms. The number of aliphatic hydroxyl groups is 1. The number of benzene rings is 1. The third-order valence-corrected chi connectivity index (χ3v) is 3.45. The van der Waals surface area contributed by atoms with Crippen LogP contribution in [0, 0.1) is 6.92 Å². The molecule has 0 saturated carbocycles. The first-order chi connectivity index (χ1) is 10.2. The smallest absolute Gasteiger partial charge is 0.137 e. The molecule has 3 rings (SSSR count). The monoisotopic (exact) mass is 280 g/mol. The van der Waals surface area contributed by atoms with Crippen molar-refractivity contribution in [1.29, 1.82) is 0 Å². The number of pyridine rings is 2. The molecule has 106 valence electrons. The fourth-order valence-corrected chi connectivity index (χ4v) is 2.31. The lowest BCUT2D eigenvalue weighted by atomic mass is 10.0. The Hall–Kier alpha value is -2.46. The van der Waals surface area contributed by atoms with Gasteiger partial charge in [0.05, 0.1) is 18.8 Å². The van der Waals surface area contributed by atoms with E-state index in [1.165, 1.54) is 0 Å². The van der Waals surface area contributed by atoms with Crippen LogP contribution in [0.1, 0.15) is 22.9 Å². The maximum atomic E-state index is 10.5. The molecule has 4 nitrogen and oxygen atoms in total. The Morgan fingerprint density at radius 3 is 2.71 bits per heavy atom. The maximum Gasteiger partial charge on any atom is 0.137 e. The number of fused-ring (bicyclic) bond motifs is 1. The second-order valence-corrected chi connectivity index (χ2v) is 4.97. The Morgan fingerprint density at radius 2 is 1.90 bits per heavy atom. The number of rotatable bonds is 3. The quantitative estimate of drug-likeness (QED) is 0.801. The van der Waals surface area contributed by atoms with Crippen LogP contribution in [-0.2, 0) is 0 Å². The van der Waals surface area contributed by atoms with Crippen LogP contribution in [0.5, 0.6) is 5.75 Å². The predicted molar refractivity (Wildman–Crippen MR) is 81.3 cm³/mol. The van der Waals surface area contributed by atoms with Crippen LogP contribution in [0.2, 0.25) is 0 Å². The van der Waals surface area contributed by atoms with Crippen molar-refractivity contribution in [2.24, 2.45) is 0 Å². The summed E-state index contributed by atoms with van der Waals surface area (Å²) in [5.41, 5.74) is 3.42. The number of hydrogen-bond donors (Lipinski definition) is 1. The zero-order valence-corrected chi connectivity index (χ0v) is 11.9. The molecule has 21 heavy (non-hydrogen) atoms. The molecule has 0 radical (unpaired) electrons. The third kappa shape index (κ3) is 2.71. The van der Waals surface area contributed by atoms with E-state index in [2.05, 4.69) is 9.97 Å². The fraction of sp³-hybridized carbons (Fsp3) is 0.176.